The van der Waals surface area contributed by atoms with E-state index in [0.717, 1.165) is 0 Å². The van der Waals surface area contributed by atoms with Gasteiger partial charge in [-0.25, -0.2) is 0 Å². The van der Waals surface area contributed by atoms with Crippen molar-refractivity contribution in [1.29, 1.82) is 0 Å². The summed E-state index contributed by atoms with van der Waals surface area (Å²) in [6, 6.07) is 0. The molecule has 0 aliphatic heterocycles. The van der Waals surface area contributed by atoms with E-state index in [1.165, 1.54) is 0 Å². The van der Waals surface area contributed by atoms with Gasteiger partial charge in [0.15, 0.2) is 0 Å². The molecule has 230 valence electrons. The minimum absolute atomic E-state index is 0.0783. The largest absolute Gasteiger partial charge is 0.394 e. The number of aliphatic hydroxyl groups is 4. The zero-order chi connectivity index (χ0) is 28.1. The molecule has 0 saturated heterocycles. The van der Waals surface area contributed by atoms with E-state index in [-0.39, 0.29) is 26.4 Å². The average molecular weight is 563 g/mol. The summed E-state index contributed by atoms with van der Waals surface area (Å²) < 4.78 is 52.6. The summed E-state index contributed by atoms with van der Waals surface area (Å²) >= 11 is 0. The highest BCUT2D eigenvalue weighted by Gasteiger charge is 2.33. The molecule has 0 saturated carbocycles. The topological polar surface area (TPSA) is 173 Å². The van der Waals surface area contributed by atoms with E-state index in [4.69, 9.17) is 47.4 Å². The molecule has 0 unspecified atom stereocenters. The summed E-state index contributed by atoms with van der Waals surface area (Å²) in [6.45, 7) is 4.88. The lowest BCUT2D eigenvalue weighted by Gasteiger charge is -2.30. The Labute approximate surface area is 225 Å². The zero-order valence-electron chi connectivity index (χ0n) is 22.9. The van der Waals surface area contributed by atoms with E-state index in [9.17, 15) is 20.4 Å². The molecule has 0 aromatic heterocycles. The molecule has 0 bridgehead atoms. The van der Waals surface area contributed by atoms with Crippen molar-refractivity contribution in [2.75, 3.05) is 133 Å². The third kappa shape index (κ3) is 22.3. The minimum atomic E-state index is -1.49. The minimum Gasteiger partial charge on any atom is -0.394 e. The summed E-state index contributed by atoms with van der Waals surface area (Å²) in [5.74, 6) is 0. The lowest BCUT2D eigenvalue weighted by molar-refractivity contribution is -0.160. The van der Waals surface area contributed by atoms with Gasteiger partial charge in [0.25, 0.3) is 0 Å². The molecule has 0 amide bonds. The molecule has 0 aromatic carbocycles. The second kappa shape index (κ2) is 29.4. The van der Waals surface area contributed by atoms with Crippen LogP contribution in [0.15, 0.2) is 0 Å². The van der Waals surface area contributed by atoms with Crippen molar-refractivity contribution in [1.82, 2.24) is 0 Å². The van der Waals surface area contributed by atoms with Crippen LogP contribution in [0.25, 0.3) is 0 Å². The summed E-state index contributed by atoms with van der Waals surface area (Å²) in [5.41, 5.74) is 0. The van der Waals surface area contributed by atoms with Gasteiger partial charge >= 0.3 is 0 Å². The van der Waals surface area contributed by atoms with Crippen LogP contribution in [0.5, 0.6) is 0 Å². The van der Waals surface area contributed by atoms with Gasteiger partial charge in [0, 0.05) is 14.2 Å². The van der Waals surface area contributed by atoms with Crippen LogP contribution in [0.1, 0.15) is 0 Å². The molecule has 38 heavy (non-hydrogen) atoms. The molecule has 0 radical (unpaired) electrons. The number of rotatable bonds is 31. The van der Waals surface area contributed by atoms with E-state index in [1.807, 2.05) is 0 Å². The number of aliphatic hydroxyl groups excluding tert-OH is 4. The van der Waals surface area contributed by atoms with Gasteiger partial charge in [0.1, 0.15) is 24.4 Å². The fourth-order valence-corrected chi connectivity index (χ4v) is 2.84. The molecule has 4 N–H and O–H groups in total. The molecule has 14 nitrogen and oxygen atoms in total. The number of hydrogen-bond acceptors (Lipinski definition) is 14. The van der Waals surface area contributed by atoms with Crippen molar-refractivity contribution in [3.63, 3.8) is 0 Å². The molecule has 0 aliphatic rings. The summed E-state index contributed by atoms with van der Waals surface area (Å²) in [4.78, 5) is 0. The smallest absolute Gasteiger partial charge is 0.111 e. The van der Waals surface area contributed by atoms with Crippen LogP contribution in [-0.2, 0) is 47.4 Å². The van der Waals surface area contributed by atoms with Gasteiger partial charge in [0.2, 0.25) is 0 Å². The normalized spacial score (nSPS) is 15.0. The first-order chi connectivity index (χ1) is 18.6. The number of hydrogen-bond donors (Lipinski definition) is 4. The highest BCUT2D eigenvalue weighted by molar-refractivity contribution is 4.82. The Kier molecular flexibility index (Phi) is 29.0. The second-order valence-corrected chi connectivity index (χ2v) is 7.82. The quantitative estimate of drug-likeness (QED) is 0.0674. The van der Waals surface area contributed by atoms with E-state index in [0.29, 0.717) is 79.3 Å². The Bertz CT molecular complexity index is 422. The van der Waals surface area contributed by atoms with Gasteiger partial charge in [-0.15, -0.1) is 0 Å². The SMILES string of the molecule is COCCOCCOCCOCCO[C@H](CO)[C@@H](O)[C@H](O)[C@@H](CO)OCCOCCOCCOCCOC. The van der Waals surface area contributed by atoms with Crippen LogP contribution in [0.2, 0.25) is 0 Å². The summed E-state index contributed by atoms with van der Waals surface area (Å²) in [6.07, 6.45) is -5.14. The lowest BCUT2D eigenvalue weighted by Crippen LogP contribution is -2.49. The van der Waals surface area contributed by atoms with Gasteiger partial charge < -0.3 is 67.8 Å². The molecule has 0 fully saturated rings. The lowest BCUT2D eigenvalue weighted by atomic mass is 10.0. The Morgan fingerprint density at radius 3 is 0.868 bits per heavy atom. The monoisotopic (exact) mass is 562 g/mol. The van der Waals surface area contributed by atoms with Crippen molar-refractivity contribution in [2.24, 2.45) is 0 Å². The molecule has 0 heterocycles. The number of methoxy groups -OCH3 is 2. The fraction of sp³-hybridized carbons (Fsp3) is 1.00. The molecule has 4 atom stereocenters. The highest BCUT2D eigenvalue weighted by Crippen LogP contribution is 2.11. The molecule has 14 heteroatoms. The first-order valence-electron chi connectivity index (χ1n) is 12.9. The van der Waals surface area contributed by atoms with Crippen LogP contribution in [0.3, 0.4) is 0 Å². The first kappa shape index (κ1) is 37.4. The maximum Gasteiger partial charge on any atom is 0.111 e. The van der Waals surface area contributed by atoms with E-state index in [2.05, 4.69) is 0 Å². The predicted octanol–water partition coefficient (Wildman–Crippen LogP) is -2.14. The average Bonchev–Trinajstić information content (AvgIpc) is 2.93. The van der Waals surface area contributed by atoms with Crippen molar-refractivity contribution in [2.45, 2.75) is 24.4 Å². The summed E-state index contributed by atoms with van der Waals surface area (Å²) in [5, 5.41) is 39.8. The molecular weight excluding hydrogens is 512 g/mol. The second-order valence-electron chi connectivity index (χ2n) is 7.82. The molecule has 0 aromatic rings. The molecular formula is C24H50O14. The van der Waals surface area contributed by atoms with Crippen molar-refractivity contribution >= 4 is 0 Å². The van der Waals surface area contributed by atoms with Gasteiger partial charge in [-0.2, -0.15) is 0 Å². The Morgan fingerprint density at radius 1 is 0.395 bits per heavy atom. The summed E-state index contributed by atoms with van der Waals surface area (Å²) in [7, 11) is 3.21. The fourth-order valence-electron chi connectivity index (χ4n) is 2.84. The maximum atomic E-state index is 10.4. The maximum absolute atomic E-state index is 10.4. The molecule has 0 aliphatic carbocycles. The standard InChI is InChI=1S/C24H50O14/c1-29-3-5-31-7-9-33-11-13-35-15-17-37-21(19-25)23(27)24(28)22(20-26)38-18-16-36-14-12-34-10-8-32-6-4-30-2/h21-28H,3-20H2,1-2H3/t21-,22-,23-,24-/m1/s1. The van der Waals surface area contributed by atoms with Gasteiger partial charge in [-0.3, -0.25) is 0 Å². The van der Waals surface area contributed by atoms with Crippen LogP contribution in [-0.4, -0.2) is 178 Å². The van der Waals surface area contributed by atoms with E-state index >= 15 is 0 Å². The van der Waals surface area contributed by atoms with Crippen molar-refractivity contribution < 1.29 is 67.8 Å². The Balaban J connectivity index is 3.85. The first-order valence-corrected chi connectivity index (χ1v) is 12.9. The van der Waals surface area contributed by atoms with Gasteiger partial charge in [0.05, 0.1) is 119 Å². The van der Waals surface area contributed by atoms with Gasteiger partial charge in [-0.1, -0.05) is 0 Å². The Morgan fingerprint density at radius 2 is 0.632 bits per heavy atom. The van der Waals surface area contributed by atoms with Gasteiger partial charge in [-0.05, 0) is 0 Å². The molecule has 0 spiro atoms. The van der Waals surface area contributed by atoms with Crippen molar-refractivity contribution in [3.05, 3.63) is 0 Å². The highest BCUT2D eigenvalue weighted by atomic mass is 16.6. The third-order valence-corrected chi connectivity index (χ3v) is 4.94. The van der Waals surface area contributed by atoms with Crippen LogP contribution >= 0.6 is 0 Å². The van der Waals surface area contributed by atoms with Crippen LogP contribution in [0, 0.1) is 0 Å². The van der Waals surface area contributed by atoms with Crippen LogP contribution in [0.4, 0.5) is 0 Å². The third-order valence-electron chi connectivity index (χ3n) is 4.94. The number of ether oxygens (including phenoxy) is 10. The zero-order valence-corrected chi connectivity index (χ0v) is 22.9. The Hall–Kier alpha value is -0.560. The van der Waals surface area contributed by atoms with E-state index in [1.54, 1.807) is 14.2 Å². The van der Waals surface area contributed by atoms with Crippen LogP contribution < -0.4 is 0 Å². The predicted molar refractivity (Wildman–Crippen MR) is 134 cm³/mol. The van der Waals surface area contributed by atoms with E-state index < -0.39 is 37.6 Å². The molecule has 0 rings (SSSR count). The van der Waals surface area contributed by atoms with Crippen molar-refractivity contribution in [3.8, 4) is 0 Å².